The molecule has 0 fully saturated rings. The van der Waals surface area contributed by atoms with Gasteiger partial charge in [-0.05, 0) is 57.8 Å². The van der Waals surface area contributed by atoms with Crippen LogP contribution in [0.4, 0.5) is 0 Å². The maximum absolute atomic E-state index is 12.7. The highest BCUT2D eigenvalue weighted by molar-refractivity contribution is 5.71. The minimum absolute atomic E-state index is 0.0834. The molecule has 318 valence electrons. The molecule has 0 aliphatic rings. The maximum Gasteiger partial charge on any atom is 0.306 e. The highest BCUT2D eigenvalue weighted by Crippen LogP contribution is 2.14. The summed E-state index contributed by atoms with van der Waals surface area (Å²) in [4.78, 5) is 37.7. The number of unbranched alkanes of at least 4 members (excludes halogenated alkanes) is 22. The summed E-state index contributed by atoms with van der Waals surface area (Å²) in [6.07, 6.45) is 50.9. The molecule has 0 aliphatic heterocycles. The van der Waals surface area contributed by atoms with Crippen LogP contribution >= 0.6 is 0 Å². The fourth-order valence-corrected chi connectivity index (χ4v) is 6.37. The molecule has 0 rings (SSSR count). The van der Waals surface area contributed by atoms with Gasteiger partial charge in [0.05, 0.1) is 0 Å². The number of hydrogen-bond acceptors (Lipinski definition) is 6. The molecule has 0 radical (unpaired) electrons. The van der Waals surface area contributed by atoms with Crippen molar-refractivity contribution < 1.29 is 28.6 Å². The smallest absolute Gasteiger partial charge is 0.306 e. The third-order valence-corrected chi connectivity index (χ3v) is 9.85. The zero-order chi connectivity index (χ0) is 40.1. The van der Waals surface area contributed by atoms with Gasteiger partial charge in [-0.15, -0.1) is 0 Å². The average molecular weight is 771 g/mol. The Morgan fingerprint density at radius 1 is 0.382 bits per heavy atom. The molecule has 0 aliphatic carbocycles. The number of ether oxygens (including phenoxy) is 3. The van der Waals surface area contributed by atoms with Crippen LogP contribution in [0.25, 0.3) is 0 Å². The lowest BCUT2D eigenvalue weighted by Gasteiger charge is -2.18. The average Bonchev–Trinajstić information content (AvgIpc) is 3.18. The Morgan fingerprint density at radius 2 is 0.709 bits per heavy atom. The Bertz CT molecular complexity index is 980. The number of rotatable bonds is 41. The van der Waals surface area contributed by atoms with Crippen LogP contribution in [0.1, 0.15) is 226 Å². The molecule has 6 nitrogen and oxygen atoms in total. The van der Waals surface area contributed by atoms with Crippen LogP contribution in [0.3, 0.4) is 0 Å². The van der Waals surface area contributed by atoms with Gasteiger partial charge in [0, 0.05) is 19.3 Å². The van der Waals surface area contributed by atoms with E-state index in [-0.39, 0.29) is 31.1 Å². The molecule has 0 heterocycles. The Labute approximate surface area is 339 Å². The quantitative estimate of drug-likeness (QED) is 0.0267. The second-order valence-corrected chi connectivity index (χ2v) is 15.3. The largest absolute Gasteiger partial charge is 0.462 e. The molecule has 0 aromatic heterocycles. The molecular weight excluding hydrogens is 685 g/mol. The van der Waals surface area contributed by atoms with Gasteiger partial charge in [-0.25, -0.2) is 0 Å². The first-order valence-electron chi connectivity index (χ1n) is 23.1. The summed E-state index contributed by atoms with van der Waals surface area (Å²) in [6, 6.07) is 0. The van der Waals surface area contributed by atoms with Crippen molar-refractivity contribution in [3.8, 4) is 0 Å². The van der Waals surface area contributed by atoms with Gasteiger partial charge in [0.2, 0.25) is 0 Å². The fraction of sp³-hybridized carbons (Fsp3) is 0.776. The summed E-state index contributed by atoms with van der Waals surface area (Å²) in [5, 5.41) is 0. The van der Waals surface area contributed by atoms with Crippen LogP contribution in [0.15, 0.2) is 48.6 Å². The number of carbonyl (C=O) groups excluding carboxylic acids is 3. The first-order valence-corrected chi connectivity index (χ1v) is 23.1. The van der Waals surface area contributed by atoms with Gasteiger partial charge in [-0.2, -0.15) is 0 Å². The number of esters is 3. The molecule has 1 atom stereocenters. The summed E-state index contributed by atoms with van der Waals surface area (Å²) in [5.74, 6) is -0.926. The second kappa shape index (κ2) is 44.1. The molecule has 0 saturated carbocycles. The topological polar surface area (TPSA) is 78.9 Å². The highest BCUT2D eigenvalue weighted by atomic mass is 16.6. The zero-order valence-electron chi connectivity index (χ0n) is 36.2. The van der Waals surface area contributed by atoms with Gasteiger partial charge in [-0.3, -0.25) is 14.4 Å². The Hall–Kier alpha value is -2.63. The normalized spacial score (nSPS) is 12.4. The molecule has 0 amide bonds. The van der Waals surface area contributed by atoms with Gasteiger partial charge in [0.15, 0.2) is 6.10 Å². The van der Waals surface area contributed by atoms with Crippen molar-refractivity contribution >= 4 is 17.9 Å². The van der Waals surface area contributed by atoms with Crippen LogP contribution in [0, 0.1) is 0 Å². The monoisotopic (exact) mass is 771 g/mol. The van der Waals surface area contributed by atoms with Crippen molar-refractivity contribution in [1.82, 2.24) is 0 Å². The SMILES string of the molecule is CC/C=C\C/C=C\C/C=C\C/C=C\CCCCC(=O)OC[C@H](COC(=O)CCCCCCCCCCCCC)OC(=O)CCCCCCCCCCCCC. The van der Waals surface area contributed by atoms with E-state index >= 15 is 0 Å². The second-order valence-electron chi connectivity index (χ2n) is 15.3. The summed E-state index contributed by atoms with van der Waals surface area (Å²) in [6.45, 7) is 6.47. The fourth-order valence-electron chi connectivity index (χ4n) is 6.37. The maximum atomic E-state index is 12.7. The van der Waals surface area contributed by atoms with Crippen LogP contribution in [-0.4, -0.2) is 37.2 Å². The van der Waals surface area contributed by atoms with Crippen LogP contribution in [0.5, 0.6) is 0 Å². The van der Waals surface area contributed by atoms with E-state index in [1.165, 1.54) is 103 Å². The molecule has 6 heteroatoms. The molecular formula is C49H86O6. The summed E-state index contributed by atoms with van der Waals surface area (Å²) in [7, 11) is 0. The molecule has 0 N–H and O–H groups in total. The van der Waals surface area contributed by atoms with Crippen molar-refractivity contribution in [2.75, 3.05) is 13.2 Å². The minimum atomic E-state index is -0.783. The van der Waals surface area contributed by atoms with E-state index in [2.05, 4.69) is 69.4 Å². The summed E-state index contributed by atoms with van der Waals surface area (Å²) >= 11 is 0. The van der Waals surface area contributed by atoms with E-state index in [9.17, 15) is 14.4 Å². The molecule has 0 aromatic carbocycles. The van der Waals surface area contributed by atoms with Gasteiger partial charge < -0.3 is 14.2 Å². The van der Waals surface area contributed by atoms with Crippen molar-refractivity contribution in [3.05, 3.63) is 48.6 Å². The predicted molar refractivity (Wildman–Crippen MR) is 233 cm³/mol. The van der Waals surface area contributed by atoms with Crippen molar-refractivity contribution in [1.29, 1.82) is 0 Å². The van der Waals surface area contributed by atoms with E-state index in [1.807, 2.05) is 0 Å². The van der Waals surface area contributed by atoms with Gasteiger partial charge in [-0.1, -0.05) is 198 Å². The molecule has 0 unspecified atom stereocenters. The molecule has 0 saturated heterocycles. The zero-order valence-corrected chi connectivity index (χ0v) is 36.2. The minimum Gasteiger partial charge on any atom is -0.462 e. The predicted octanol–water partition coefficient (Wildman–Crippen LogP) is 14.8. The lowest BCUT2D eigenvalue weighted by Crippen LogP contribution is -2.30. The Balaban J connectivity index is 4.42. The number of allylic oxidation sites excluding steroid dienone is 8. The van der Waals surface area contributed by atoms with Crippen molar-refractivity contribution in [2.45, 2.75) is 232 Å². The van der Waals surface area contributed by atoms with Crippen LogP contribution in [-0.2, 0) is 28.6 Å². The summed E-state index contributed by atoms with van der Waals surface area (Å²) in [5.41, 5.74) is 0. The van der Waals surface area contributed by atoms with E-state index in [1.54, 1.807) is 0 Å². The standard InChI is InChI=1S/C49H86O6/c1-4-7-10-13-16-19-22-23-24-25-28-30-33-36-39-42-48(51)54-45-46(55-49(52)43-40-37-34-31-27-21-18-15-12-9-6-3)44-53-47(50)41-38-35-32-29-26-20-17-14-11-8-5-2/h7,10,16,19,23-24,28,30,46H,4-6,8-9,11-15,17-18,20-22,25-27,29,31-45H2,1-3H3/b10-7-,19-16-,24-23-,30-28-/t46-/m0/s1. The van der Waals surface area contributed by atoms with E-state index in [0.717, 1.165) is 83.5 Å². The summed E-state index contributed by atoms with van der Waals surface area (Å²) < 4.78 is 16.7. The third-order valence-electron chi connectivity index (χ3n) is 9.85. The van der Waals surface area contributed by atoms with Crippen LogP contribution in [0.2, 0.25) is 0 Å². The van der Waals surface area contributed by atoms with Crippen molar-refractivity contribution in [3.63, 3.8) is 0 Å². The Morgan fingerprint density at radius 3 is 1.11 bits per heavy atom. The Kier molecular flexibility index (Phi) is 42.0. The molecule has 0 bridgehead atoms. The van der Waals surface area contributed by atoms with Gasteiger partial charge >= 0.3 is 17.9 Å². The van der Waals surface area contributed by atoms with Gasteiger partial charge in [0.25, 0.3) is 0 Å². The van der Waals surface area contributed by atoms with Crippen molar-refractivity contribution in [2.24, 2.45) is 0 Å². The number of carbonyl (C=O) groups is 3. The van der Waals surface area contributed by atoms with E-state index < -0.39 is 6.10 Å². The molecule has 0 aromatic rings. The third kappa shape index (κ3) is 42.4. The first-order chi connectivity index (χ1) is 27.0. The molecule has 0 spiro atoms. The lowest BCUT2D eigenvalue weighted by atomic mass is 10.1. The van der Waals surface area contributed by atoms with Gasteiger partial charge in [0.1, 0.15) is 13.2 Å². The van der Waals surface area contributed by atoms with E-state index in [0.29, 0.717) is 19.3 Å². The lowest BCUT2D eigenvalue weighted by molar-refractivity contribution is -0.167. The highest BCUT2D eigenvalue weighted by Gasteiger charge is 2.19. The first kappa shape index (κ1) is 52.4. The van der Waals surface area contributed by atoms with Crippen LogP contribution < -0.4 is 0 Å². The number of hydrogen-bond donors (Lipinski definition) is 0. The molecule has 55 heavy (non-hydrogen) atoms. The van der Waals surface area contributed by atoms with E-state index in [4.69, 9.17) is 14.2 Å².